The molecule has 0 radical (unpaired) electrons. The van der Waals surface area contributed by atoms with Gasteiger partial charge in [-0.1, -0.05) is 36.4 Å². The highest BCUT2D eigenvalue weighted by atomic mass is 16.3. The summed E-state index contributed by atoms with van der Waals surface area (Å²) in [4.78, 5) is 9.61. The maximum Gasteiger partial charge on any atom is 0.212 e. The Morgan fingerprint density at radius 3 is 2.48 bits per heavy atom. The number of rotatable bonds is 3. The molecule has 1 aliphatic heterocycles. The van der Waals surface area contributed by atoms with E-state index in [1.165, 1.54) is 21.9 Å². The molecule has 1 aliphatic rings. The van der Waals surface area contributed by atoms with Crippen LogP contribution in [0.15, 0.2) is 77.5 Å². The van der Waals surface area contributed by atoms with Crippen LogP contribution in [0.5, 0.6) is 0 Å². The number of hydrogen-bond acceptors (Lipinski definition) is 4. The molecule has 0 unspecified atom stereocenters. The number of furan rings is 1. The first-order valence-corrected chi connectivity index (χ1v) is 11.5. The number of para-hydroxylation sites is 3. The van der Waals surface area contributed by atoms with E-state index < -0.39 is 0 Å². The van der Waals surface area contributed by atoms with Gasteiger partial charge >= 0.3 is 0 Å². The number of aryl methyl sites for hydroxylation is 2. The molecule has 0 fully saturated rings. The Labute approximate surface area is 193 Å². The number of hydrogen-bond donors (Lipinski definition) is 0. The van der Waals surface area contributed by atoms with Gasteiger partial charge in [-0.2, -0.15) is 0 Å². The summed E-state index contributed by atoms with van der Waals surface area (Å²) in [5, 5.41) is 2.37. The van der Waals surface area contributed by atoms with Gasteiger partial charge in [0.2, 0.25) is 5.95 Å². The molecule has 5 aromatic rings. The second-order valence-corrected chi connectivity index (χ2v) is 9.49. The maximum absolute atomic E-state index is 6.21. The summed E-state index contributed by atoms with van der Waals surface area (Å²) in [6.45, 7) is 9.04. The van der Waals surface area contributed by atoms with Crippen molar-refractivity contribution in [3.8, 4) is 0 Å². The van der Waals surface area contributed by atoms with E-state index in [1.54, 1.807) is 0 Å². The molecule has 166 valence electrons. The van der Waals surface area contributed by atoms with Crippen LogP contribution in [0, 0.1) is 6.92 Å². The van der Waals surface area contributed by atoms with E-state index in [0.717, 1.165) is 28.1 Å². The lowest BCUT2D eigenvalue weighted by atomic mass is 9.85. The van der Waals surface area contributed by atoms with Gasteiger partial charge in [-0.25, -0.2) is 4.98 Å². The molecule has 5 nitrogen and oxygen atoms in total. The Bertz CT molecular complexity index is 1550. The van der Waals surface area contributed by atoms with Gasteiger partial charge in [0.05, 0.1) is 16.6 Å². The van der Waals surface area contributed by atoms with Gasteiger partial charge in [-0.3, -0.25) is 4.90 Å². The quantitative estimate of drug-likeness (QED) is 0.317. The van der Waals surface area contributed by atoms with Crippen molar-refractivity contribution >= 4 is 38.9 Å². The largest absolute Gasteiger partial charge is 0.456 e. The summed E-state index contributed by atoms with van der Waals surface area (Å²) >= 11 is 0. The van der Waals surface area contributed by atoms with E-state index in [-0.39, 0.29) is 11.7 Å². The first-order valence-electron chi connectivity index (χ1n) is 11.5. The van der Waals surface area contributed by atoms with E-state index >= 15 is 0 Å². The molecule has 0 aliphatic carbocycles. The van der Waals surface area contributed by atoms with Crippen molar-refractivity contribution < 1.29 is 4.42 Å². The van der Waals surface area contributed by atoms with Crippen LogP contribution < -0.4 is 4.90 Å². The maximum atomic E-state index is 6.21. The molecule has 0 saturated carbocycles. The Morgan fingerprint density at radius 1 is 0.909 bits per heavy atom. The predicted molar refractivity (Wildman–Crippen MR) is 135 cm³/mol. The first kappa shape index (κ1) is 19.9. The van der Waals surface area contributed by atoms with E-state index in [1.807, 2.05) is 18.2 Å². The highest BCUT2D eigenvalue weighted by Crippen LogP contribution is 2.43. The van der Waals surface area contributed by atoms with Crippen molar-refractivity contribution in [1.82, 2.24) is 14.5 Å². The van der Waals surface area contributed by atoms with Crippen LogP contribution in [0.2, 0.25) is 0 Å². The Balaban J connectivity index is 1.46. The topological polar surface area (TPSA) is 37.4 Å². The molecule has 1 atom stereocenters. The average molecular weight is 437 g/mol. The standard InChI is InChI=1S/C28H28N4O/c1-18-14-15-24-25(20-10-6-9-13-23(20)33-24)26(18)28(3,4)32-17-16-31(19(32)2)27-29-21-11-7-8-12-22(21)30(27)5/h6-17,19H,1-5H3/t19-/m1/s1. The van der Waals surface area contributed by atoms with Gasteiger partial charge in [-0.15, -0.1) is 0 Å². The van der Waals surface area contributed by atoms with Crippen LogP contribution in [-0.4, -0.2) is 20.6 Å². The van der Waals surface area contributed by atoms with Crippen LogP contribution in [0.4, 0.5) is 5.95 Å². The fourth-order valence-electron chi connectivity index (χ4n) is 5.62. The lowest BCUT2D eigenvalue weighted by molar-refractivity contribution is 0.153. The van der Waals surface area contributed by atoms with Crippen molar-refractivity contribution in [2.45, 2.75) is 39.4 Å². The van der Waals surface area contributed by atoms with E-state index in [0.29, 0.717) is 0 Å². The minimum absolute atomic E-state index is 0.100. The van der Waals surface area contributed by atoms with Gasteiger partial charge < -0.3 is 13.9 Å². The van der Waals surface area contributed by atoms with Crippen molar-refractivity contribution in [3.63, 3.8) is 0 Å². The zero-order valence-corrected chi connectivity index (χ0v) is 19.7. The molecule has 0 N–H and O–H groups in total. The summed E-state index contributed by atoms with van der Waals surface area (Å²) < 4.78 is 8.38. The number of aromatic nitrogens is 2. The van der Waals surface area contributed by atoms with Gasteiger partial charge in [0, 0.05) is 30.2 Å². The van der Waals surface area contributed by atoms with Crippen LogP contribution in [0.25, 0.3) is 33.0 Å². The Morgan fingerprint density at radius 2 is 1.67 bits per heavy atom. The number of benzene rings is 3. The van der Waals surface area contributed by atoms with Crippen molar-refractivity contribution in [2.24, 2.45) is 7.05 Å². The van der Waals surface area contributed by atoms with Crippen LogP contribution >= 0.6 is 0 Å². The summed E-state index contributed by atoms with van der Waals surface area (Å²) in [7, 11) is 2.08. The summed E-state index contributed by atoms with van der Waals surface area (Å²) in [5.74, 6) is 0.946. The van der Waals surface area contributed by atoms with Crippen molar-refractivity contribution in [2.75, 3.05) is 4.90 Å². The zero-order valence-electron chi connectivity index (χ0n) is 19.7. The first-order chi connectivity index (χ1) is 15.9. The molecule has 33 heavy (non-hydrogen) atoms. The summed E-state index contributed by atoms with van der Waals surface area (Å²) in [6.07, 6.45) is 4.45. The highest BCUT2D eigenvalue weighted by Gasteiger charge is 2.39. The Kier molecular flexibility index (Phi) is 4.15. The fraction of sp³-hybridized carbons (Fsp3) is 0.250. The molecule has 2 aromatic heterocycles. The van der Waals surface area contributed by atoms with E-state index in [9.17, 15) is 0 Å². The summed E-state index contributed by atoms with van der Waals surface area (Å²) in [5.41, 5.74) is 6.31. The van der Waals surface area contributed by atoms with Gasteiger partial charge in [0.25, 0.3) is 0 Å². The normalized spacial score (nSPS) is 16.7. The van der Waals surface area contributed by atoms with Crippen LogP contribution in [0.1, 0.15) is 31.9 Å². The fourth-order valence-corrected chi connectivity index (χ4v) is 5.62. The number of imidazole rings is 1. The molecule has 5 heteroatoms. The lowest BCUT2D eigenvalue weighted by Gasteiger charge is -2.42. The third-order valence-electron chi connectivity index (χ3n) is 7.20. The SMILES string of the molecule is Cc1ccc2oc3ccccc3c2c1C(C)(C)N1C=CN(c2nc3ccccc3n2C)[C@H]1C. The summed E-state index contributed by atoms with van der Waals surface area (Å²) in [6, 6.07) is 20.9. The second kappa shape index (κ2) is 6.88. The molecule has 0 amide bonds. The molecular weight excluding hydrogens is 408 g/mol. The van der Waals surface area contributed by atoms with Crippen LogP contribution in [-0.2, 0) is 12.6 Å². The van der Waals surface area contributed by atoms with Gasteiger partial charge in [0.1, 0.15) is 17.3 Å². The Hall–Kier alpha value is -3.73. The van der Waals surface area contributed by atoms with Crippen molar-refractivity contribution in [3.05, 3.63) is 84.2 Å². The molecule has 0 saturated heterocycles. The number of fused-ring (bicyclic) bond motifs is 4. The molecule has 3 aromatic carbocycles. The minimum Gasteiger partial charge on any atom is -0.456 e. The van der Waals surface area contributed by atoms with Crippen LogP contribution in [0.3, 0.4) is 0 Å². The lowest BCUT2D eigenvalue weighted by Crippen LogP contribution is -2.47. The predicted octanol–water partition coefficient (Wildman–Crippen LogP) is 6.66. The monoisotopic (exact) mass is 436 g/mol. The van der Waals surface area contributed by atoms with E-state index in [2.05, 4.69) is 104 Å². The number of nitrogens with zero attached hydrogens (tertiary/aromatic N) is 4. The third kappa shape index (κ3) is 2.75. The van der Waals surface area contributed by atoms with Gasteiger partial charge in [-0.05, 0) is 63.1 Å². The second-order valence-electron chi connectivity index (χ2n) is 9.49. The average Bonchev–Trinajstić information content (AvgIpc) is 3.47. The zero-order chi connectivity index (χ0) is 22.9. The van der Waals surface area contributed by atoms with E-state index in [4.69, 9.17) is 9.40 Å². The smallest absolute Gasteiger partial charge is 0.212 e. The number of anilines is 1. The molecule has 0 bridgehead atoms. The van der Waals surface area contributed by atoms with Crippen molar-refractivity contribution in [1.29, 1.82) is 0 Å². The molecule has 6 rings (SSSR count). The molecular formula is C28H28N4O. The minimum atomic E-state index is -0.272. The molecule has 0 spiro atoms. The highest BCUT2D eigenvalue weighted by molar-refractivity contribution is 6.07. The molecule has 3 heterocycles. The third-order valence-corrected chi connectivity index (χ3v) is 7.20. The van der Waals surface area contributed by atoms with Gasteiger partial charge in [0.15, 0.2) is 0 Å².